The Kier molecular flexibility index (Phi) is 7.09. The summed E-state index contributed by atoms with van der Waals surface area (Å²) < 4.78 is 12.9. The second-order valence-corrected chi connectivity index (χ2v) is 9.51. The molecule has 1 saturated carbocycles. The molecule has 1 aliphatic carbocycles. The predicted molar refractivity (Wildman–Crippen MR) is 140 cm³/mol. The molecular formula is C29H34N4O3. The summed E-state index contributed by atoms with van der Waals surface area (Å²) in [5.41, 5.74) is 5.32. The minimum absolute atomic E-state index is 0.141. The second kappa shape index (κ2) is 10.6. The molecule has 0 N–H and O–H groups in total. The van der Waals surface area contributed by atoms with Crippen LogP contribution in [0.2, 0.25) is 0 Å². The normalized spacial score (nSPS) is 15.3. The molecule has 36 heavy (non-hydrogen) atoms. The van der Waals surface area contributed by atoms with Gasteiger partial charge in [0.05, 0.1) is 38.6 Å². The summed E-state index contributed by atoms with van der Waals surface area (Å²) in [6.07, 6.45) is 5.30. The fraction of sp³-hybridized carbons (Fsp3) is 0.379. The fourth-order valence-electron chi connectivity index (χ4n) is 5.00. The summed E-state index contributed by atoms with van der Waals surface area (Å²) in [6, 6.07) is 16.0. The first-order valence-electron chi connectivity index (χ1n) is 12.6. The summed E-state index contributed by atoms with van der Waals surface area (Å²) >= 11 is 0. The van der Waals surface area contributed by atoms with E-state index in [2.05, 4.69) is 11.5 Å². The van der Waals surface area contributed by atoms with Gasteiger partial charge in [-0.1, -0.05) is 30.3 Å². The van der Waals surface area contributed by atoms with Crippen LogP contribution in [-0.4, -0.2) is 58.8 Å². The van der Waals surface area contributed by atoms with Gasteiger partial charge in [0.1, 0.15) is 17.2 Å². The lowest BCUT2D eigenvalue weighted by atomic mass is 10.0. The van der Waals surface area contributed by atoms with Crippen LogP contribution in [-0.2, 0) is 30.7 Å². The van der Waals surface area contributed by atoms with Gasteiger partial charge in [-0.3, -0.25) is 9.69 Å². The summed E-state index contributed by atoms with van der Waals surface area (Å²) in [5, 5.41) is 5.10. The van der Waals surface area contributed by atoms with Crippen LogP contribution in [0.1, 0.15) is 35.4 Å². The molecule has 0 bridgehead atoms. The van der Waals surface area contributed by atoms with E-state index in [1.807, 2.05) is 64.2 Å². The van der Waals surface area contributed by atoms with Gasteiger partial charge in [0, 0.05) is 37.7 Å². The van der Waals surface area contributed by atoms with Crippen LogP contribution in [0.3, 0.4) is 0 Å². The highest BCUT2D eigenvalue weighted by molar-refractivity contribution is 5.79. The molecule has 7 nitrogen and oxygen atoms in total. The Labute approximate surface area is 212 Å². The summed E-state index contributed by atoms with van der Waals surface area (Å²) in [7, 11) is 3.34. The Morgan fingerprint density at radius 2 is 1.92 bits per heavy atom. The molecule has 2 aromatic carbocycles. The van der Waals surface area contributed by atoms with Crippen LogP contribution in [0.4, 0.5) is 0 Å². The molecule has 1 aromatic heterocycles. The van der Waals surface area contributed by atoms with E-state index in [9.17, 15) is 4.79 Å². The van der Waals surface area contributed by atoms with E-state index in [1.165, 1.54) is 11.3 Å². The number of hydrogen-bond acceptors (Lipinski definition) is 5. The Morgan fingerprint density at radius 3 is 2.61 bits per heavy atom. The number of ether oxygens (including phenoxy) is 2. The third-order valence-corrected chi connectivity index (χ3v) is 7.06. The van der Waals surface area contributed by atoms with Gasteiger partial charge in [0.15, 0.2) is 0 Å². The highest BCUT2D eigenvalue weighted by Crippen LogP contribution is 2.33. The third kappa shape index (κ3) is 5.02. The molecule has 0 spiro atoms. The number of hydrogen-bond donors (Lipinski definition) is 0. The van der Waals surface area contributed by atoms with Gasteiger partial charge < -0.3 is 14.4 Å². The lowest BCUT2D eigenvalue weighted by Gasteiger charge is -2.28. The maximum atomic E-state index is 13.5. The van der Waals surface area contributed by atoms with E-state index in [-0.39, 0.29) is 11.9 Å². The minimum atomic E-state index is 0.141. The molecule has 1 fully saturated rings. The molecule has 1 aliphatic heterocycles. The summed E-state index contributed by atoms with van der Waals surface area (Å²) in [5.74, 6) is 1.72. The molecule has 1 amide bonds. The van der Waals surface area contributed by atoms with Crippen molar-refractivity contribution in [2.75, 3.05) is 27.3 Å². The largest absolute Gasteiger partial charge is 0.497 e. The monoisotopic (exact) mass is 486 g/mol. The Balaban J connectivity index is 1.46. The minimum Gasteiger partial charge on any atom is -0.497 e. The van der Waals surface area contributed by atoms with Crippen molar-refractivity contribution in [3.05, 3.63) is 83.7 Å². The van der Waals surface area contributed by atoms with Crippen molar-refractivity contribution in [1.82, 2.24) is 19.6 Å². The molecule has 0 atom stereocenters. The molecule has 7 heteroatoms. The average molecular weight is 487 g/mol. The number of methoxy groups -OCH3 is 2. The maximum Gasteiger partial charge on any atom is 0.227 e. The van der Waals surface area contributed by atoms with Crippen LogP contribution >= 0.6 is 0 Å². The van der Waals surface area contributed by atoms with E-state index < -0.39 is 0 Å². The fourth-order valence-corrected chi connectivity index (χ4v) is 5.00. The highest BCUT2D eigenvalue weighted by atomic mass is 16.5. The molecule has 0 unspecified atom stereocenters. The van der Waals surface area contributed by atoms with Crippen LogP contribution < -0.4 is 9.47 Å². The first-order valence-corrected chi connectivity index (χ1v) is 12.6. The molecular weight excluding hydrogens is 452 g/mol. The number of amides is 1. The van der Waals surface area contributed by atoms with Crippen molar-refractivity contribution in [1.29, 1.82) is 0 Å². The third-order valence-electron chi connectivity index (χ3n) is 7.06. The van der Waals surface area contributed by atoms with E-state index in [0.29, 0.717) is 13.0 Å². The molecule has 3 aromatic rings. The van der Waals surface area contributed by atoms with Gasteiger partial charge in [-0.15, -0.1) is 6.58 Å². The van der Waals surface area contributed by atoms with Gasteiger partial charge in [0.2, 0.25) is 5.91 Å². The van der Waals surface area contributed by atoms with Gasteiger partial charge in [0.25, 0.3) is 0 Å². The van der Waals surface area contributed by atoms with E-state index >= 15 is 0 Å². The van der Waals surface area contributed by atoms with Gasteiger partial charge >= 0.3 is 0 Å². The van der Waals surface area contributed by atoms with E-state index in [0.717, 1.165) is 67.3 Å². The second-order valence-electron chi connectivity index (χ2n) is 9.51. The Morgan fingerprint density at radius 1 is 1.14 bits per heavy atom. The highest BCUT2D eigenvalue weighted by Gasteiger charge is 2.35. The number of aromatic nitrogens is 2. The van der Waals surface area contributed by atoms with Crippen molar-refractivity contribution in [3.8, 4) is 17.2 Å². The first-order chi connectivity index (χ1) is 17.6. The van der Waals surface area contributed by atoms with Crippen molar-refractivity contribution in [2.24, 2.45) is 0 Å². The van der Waals surface area contributed by atoms with E-state index in [4.69, 9.17) is 14.6 Å². The standard InChI is InChI=1S/C29H34N4O3/c1-4-16-31-17-15-26-24(19-31)25(30-33(26)27-7-5-6-8-28(27)36-3)20-32(22-11-12-22)29(34)18-21-9-13-23(35-2)14-10-21/h4-10,13-14,22H,1,11-12,15-20H2,2-3H3. The average Bonchev–Trinajstić information content (AvgIpc) is 3.69. The first kappa shape index (κ1) is 24.1. The van der Waals surface area contributed by atoms with Crippen LogP contribution in [0, 0.1) is 0 Å². The molecule has 0 saturated heterocycles. The number of benzene rings is 2. The number of carbonyl (C=O) groups excluding carboxylic acids is 1. The molecule has 2 heterocycles. The van der Waals surface area contributed by atoms with Crippen LogP contribution in [0.15, 0.2) is 61.2 Å². The molecule has 188 valence electrons. The summed E-state index contributed by atoms with van der Waals surface area (Å²) in [6.45, 7) is 7.03. The zero-order valence-corrected chi connectivity index (χ0v) is 21.2. The summed E-state index contributed by atoms with van der Waals surface area (Å²) in [4.78, 5) is 17.9. The SMILES string of the molecule is C=CCN1CCc2c(c(CN(C(=O)Cc3ccc(OC)cc3)C3CC3)nn2-c2ccccc2OC)C1. The van der Waals surface area contributed by atoms with Gasteiger partial charge in [-0.2, -0.15) is 5.10 Å². The van der Waals surface area contributed by atoms with Crippen molar-refractivity contribution in [2.45, 2.75) is 44.8 Å². The van der Waals surface area contributed by atoms with Crippen molar-refractivity contribution < 1.29 is 14.3 Å². The van der Waals surface area contributed by atoms with Gasteiger partial charge in [-0.05, 0) is 42.7 Å². The lowest BCUT2D eigenvalue weighted by molar-refractivity contribution is -0.131. The number of fused-ring (bicyclic) bond motifs is 1. The number of para-hydroxylation sites is 2. The topological polar surface area (TPSA) is 59.8 Å². The van der Waals surface area contributed by atoms with Crippen molar-refractivity contribution >= 4 is 5.91 Å². The zero-order chi connectivity index (χ0) is 25.1. The lowest BCUT2D eigenvalue weighted by Crippen LogP contribution is -2.35. The Hall–Kier alpha value is -3.58. The van der Waals surface area contributed by atoms with Gasteiger partial charge in [-0.25, -0.2) is 4.68 Å². The number of nitrogens with zero attached hydrogens (tertiary/aromatic N) is 4. The Bertz CT molecular complexity index is 1230. The molecule has 0 radical (unpaired) electrons. The van der Waals surface area contributed by atoms with Crippen LogP contribution in [0.5, 0.6) is 11.5 Å². The van der Waals surface area contributed by atoms with Crippen molar-refractivity contribution in [3.63, 3.8) is 0 Å². The smallest absolute Gasteiger partial charge is 0.227 e. The van der Waals surface area contributed by atoms with Crippen LogP contribution in [0.25, 0.3) is 5.69 Å². The predicted octanol–water partition coefficient (Wildman–Crippen LogP) is 4.17. The van der Waals surface area contributed by atoms with E-state index in [1.54, 1.807) is 14.2 Å². The molecule has 2 aliphatic rings. The maximum absolute atomic E-state index is 13.5. The number of carbonyl (C=O) groups is 1. The quantitative estimate of drug-likeness (QED) is 0.403. The molecule has 5 rings (SSSR count). The number of rotatable bonds is 10. The zero-order valence-electron chi connectivity index (χ0n) is 21.2.